The summed E-state index contributed by atoms with van der Waals surface area (Å²) in [6.07, 6.45) is 1.65. The van der Waals surface area contributed by atoms with Gasteiger partial charge in [0.25, 0.3) is 0 Å². The Morgan fingerprint density at radius 3 is 2.72 bits per heavy atom. The summed E-state index contributed by atoms with van der Waals surface area (Å²) in [6, 6.07) is 8.07. The van der Waals surface area contributed by atoms with E-state index in [0.717, 1.165) is 5.56 Å². The van der Waals surface area contributed by atoms with Gasteiger partial charge in [-0.25, -0.2) is 4.39 Å². The first kappa shape index (κ1) is 12.5. The lowest BCUT2D eigenvalue weighted by atomic mass is 10.00. The van der Waals surface area contributed by atoms with Crippen molar-refractivity contribution in [1.29, 1.82) is 0 Å². The van der Waals surface area contributed by atoms with Crippen molar-refractivity contribution in [3.63, 3.8) is 0 Å². The number of ether oxygens (including phenoxy) is 1. The third-order valence-corrected chi connectivity index (χ3v) is 2.89. The number of benzene rings is 1. The standard InChI is InChI=1S/C14H15FN2O/c1-9-5-4-8-17-14(9)13(16)10-6-3-7-11(18-2)12(10)15/h3-8,13H,16H2,1-2H3. The van der Waals surface area contributed by atoms with Gasteiger partial charge < -0.3 is 10.5 Å². The molecule has 1 heterocycles. The van der Waals surface area contributed by atoms with Crippen molar-refractivity contribution in [3.8, 4) is 5.75 Å². The van der Waals surface area contributed by atoms with E-state index < -0.39 is 11.9 Å². The van der Waals surface area contributed by atoms with Crippen LogP contribution in [0.5, 0.6) is 5.75 Å². The van der Waals surface area contributed by atoms with E-state index in [1.807, 2.05) is 19.1 Å². The highest BCUT2D eigenvalue weighted by Gasteiger charge is 2.18. The smallest absolute Gasteiger partial charge is 0.170 e. The summed E-state index contributed by atoms with van der Waals surface area (Å²) >= 11 is 0. The highest BCUT2D eigenvalue weighted by molar-refractivity contribution is 5.38. The first-order valence-corrected chi connectivity index (χ1v) is 5.64. The zero-order chi connectivity index (χ0) is 13.1. The topological polar surface area (TPSA) is 48.1 Å². The predicted molar refractivity (Wildman–Crippen MR) is 68.0 cm³/mol. The van der Waals surface area contributed by atoms with Crippen molar-refractivity contribution in [1.82, 2.24) is 4.98 Å². The Bertz CT molecular complexity index is 557. The molecule has 0 saturated carbocycles. The highest BCUT2D eigenvalue weighted by atomic mass is 19.1. The van der Waals surface area contributed by atoms with Gasteiger partial charge in [-0.15, -0.1) is 0 Å². The summed E-state index contributed by atoms with van der Waals surface area (Å²) in [5.41, 5.74) is 8.08. The fourth-order valence-electron chi connectivity index (χ4n) is 1.90. The van der Waals surface area contributed by atoms with E-state index in [-0.39, 0.29) is 5.75 Å². The minimum atomic E-state index is -0.596. The number of nitrogens with two attached hydrogens (primary N) is 1. The Balaban J connectivity index is 2.47. The third kappa shape index (κ3) is 2.19. The molecule has 0 aliphatic carbocycles. The fourth-order valence-corrected chi connectivity index (χ4v) is 1.90. The van der Waals surface area contributed by atoms with Gasteiger partial charge in [0.2, 0.25) is 0 Å². The second-order valence-electron chi connectivity index (χ2n) is 4.05. The average Bonchev–Trinajstić information content (AvgIpc) is 2.39. The Kier molecular flexibility index (Phi) is 3.58. The molecule has 0 aliphatic rings. The second-order valence-corrected chi connectivity index (χ2v) is 4.05. The van der Waals surface area contributed by atoms with Crippen molar-refractivity contribution in [3.05, 3.63) is 59.2 Å². The number of rotatable bonds is 3. The number of methoxy groups -OCH3 is 1. The number of halogens is 1. The largest absolute Gasteiger partial charge is 0.494 e. The SMILES string of the molecule is COc1cccc(C(N)c2ncccc2C)c1F. The van der Waals surface area contributed by atoms with Crippen molar-refractivity contribution >= 4 is 0 Å². The van der Waals surface area contributed by atoms with Gasteiger partial charge in [-0.3, -0.25) is 4.98 Å². The van der Waals surface area contributed by atoms with E-state index in [4.69, 9.17) is 10.5 Å². The van der Waals surface area contributed by atoms with Gasteiger partial charge in [0, 0.05) is 11.8 Å². The number of nitrogens with zero attached hydrogens (tertiary/aromatic N) is 1. The van der Waals surface area contributed by atoms with Crippen LogP contribution in [-0.2, 0) is 0 Å². The number of aromatic nitrogens is 1. The fraction of sp³-hybridized carbons (Fsp3) is 0.214. The Hall–Kier alpha value is -1.94. The van der Waals surface area contributed by atoms with Gasteiger partial charge >= 0.3 is 0 Å². The van der Waals surface area contributed by atoms with Crippen LogP contribution in [0.2, 0.25) is 0 Å². The molecular formula is C14H15FN2O. The molecule has 0 bridgehead atoms. The molecule has 0 spiro atoms. The van der Waals surface area contributed by atoms with Gasteiger partial charge in [0.1, 0.15) is 0 Å². The number of pyridine rings is 1. The molecule has 0 fully saturated rings. The van der Waals surface area contributed by atoms with Crippen molar-refractivity contribution < 1.29 is 9.13 Å². The van der Waals surface area contributed by atoms with Gasteiger partial charge in [-0.05, 0) is 24.6 Å². The number of aryl methyl sites for hydroxylation is 1. The van der Waals surface area contributed by atoms with Crippen molar-refractivity contribution in [2.45, 2.75) is 13.0 Å². The summed E-state index contributed by atoms with van der Waals surface area (Å²) < 4.78 is 19.1. The van der Waals surface area contributed by atoms with E-state index >= 15 is 0 Å². The van der Waals surface area contributed by atoms with Crippen LogP contribution in [0.3, 0.4) is 0 Å². The van der Waals surface area contributed by atoms with E-state index in [1.165, 1.54) is 7.11 Å². The van der Waals surface area contributed by atoms with Gasteiger partial charge in [-0.1, -0.05) is 18.2 Å². The maximum Gasteiger partial charge on any atom is 0.170 e. The van der Waals surface area contributed by atoms with Gasteiger partial charge in [-0.2, -0.15) is 0 Å². The minimum absolute atomic E-state index is 0.191. The van der Waals surface area contributed by atoms with Crippen LogP contribution in [-0.4, -0.2) is 12.1 Å². The molecule has 1 aromatic carbocycles. The zero-order valence-corrected chi connectivity index (χ0v) is 10.4. The zero-order valence-electron chi connectivity index (χ0n) is 10.4. The maximum atomic E-state index is 14.1. The molecule has 0 amide bonds. The van der Waals surface area contributed by atoms with E-state index in [2.05, 4.69) is 4.98 Å². The highest BCUT2D eigenvalue weighted by Crippen LogP contribution is 2.27. The lowest BCUT2D eigenvalue weighted by molar-refractivity contribution is 0.383. The Morgan fingerprint density at radius 1 is 1.28 bits per heavy atom. The number of hydrogen-bond donors (Lipinski definition) is 1. The van der Waals surface area contributed by atoms with E-state index in [0.29, 0.717) is 11.3 Å². The van der Waals surface area contributed by atoms with Crippen LogP contribution in [0.25, 0.3) is 0 Å². The first-order chi connectivity index (χ1) is 8.65. The quantitative estimate of drug-likeness (QED) is 0.905. The molecule has 2 aromatic rings. The second kappa shape index (κ2) is 5.14. The summed E-state index contributed by atoms with van der Waals surface area (Å²) in [5, 5.41) is 0. The lowest BCUT2D eigenvalue weighted by Gasteiger charge is -2.15. The third-order valence-electron chi connectivity index (χ3n) is 2.89. The first-order valence-electron chi connectivity index (χ1n) is 5.64. The molecule has 0 radical (unpaired) electrons. The summed E-state index contributed by atoms with van der Waals surface area (Å²) in [6.45, 7) is 1.90. The van der Waals surface area contributed by atoms with Crippen LogP contribution in [0.1, 0.15) is 22.9 Å². The van der Waals surface area contributed by atoms with Gasteiger partial charge in [0.15, 0.2) is 11.6 Å². The summed E-state index contributed by atoms with van der Waals surface area (Å²) in [5.74, 6) is -0.242. The van der Waals surface area contributed by atoms with Crippen LogP contribution < -0.4 is 10.5 Å². The number of hydrogen-bond acceptors (Lipinski definition) is 3. The maximum absolute atomic E-state index is 14.1. The van der Waals surface area contributed by atoms with Crippen LogP contribution in [0.15, 0.2) is 36.5 Å². The Morgan fingerprint density at radius 2 is 2.06 bits per heavy atom. The molecule has 2 rings (SSSR count). The molecular weight excluding hydrogens is 231 g/mol. The molecule has 4 heteroatoms. The molecule has 18 heavy (non-hydrogen) atoms. The molecule has 94 valence electrons. The minimum Gasteiger partial charge on any atom is -0.494 e. The molecule has 1 aromatic heterocycles. The van der Waals surface area contributed by atoms with Gasteiger partial charge in [0.05, 0.1) is 18.8 Å². The lowest BCUT2D eigenvalue weighted by Crippen LogP contribution is -2.16. The molecule has 0 saturated heterocycles. The monoisotopic (exact) mass is 246 g/mol. The van der Waals surface area contributed by atoms with E-state index in [9.17, 15) is 4.39 Å². The normalized spacial score (nSPS) is 12.2. The molecule has 1 unspecified atom stereocenters. The van der Waals surface area contributed by atoms with Crippen molar-refractivity contribution in [2.75, 3.05) is 7.11 Å². The molecule has 3 nitrogen and oxygen atoms in total. The molecule has 2 N–H and O–H groups in total. The molecule has 1 atom stereocenters. The molecule has 0 aliphatic heterocycles. The van der Waals surface area contributed by atoms with E-state index in [1.54, 1.807) is 24.4 Å². The van der Waals surface area contributed by atoms with Crippen LogP contribution in [0.4, 0.5) is 4.39 Å². The Labute approximate surface area is 105 Å². The van der Waals surface area contributed by atoms with Crippen LogP contribution >= 0.6 is 0 Å². The average molecular weight is 246 g/mol. The summed E-state index contributed by atoms with van der Waals surface area (Å²) in [7, 11) is 1.43. The van der Waals surface area contributed by atoms with Crippen LogP contribution in [0, 0.1) is 12.7 Å². The van der Waals surface area contributed by atoms with Crippen molar-refractivity contribution in [2.24, 2.45) is 5.73 Å². The summed E-state index contributed by atoms with van der Waals surface area (Å²) in [4.78, 5) is 4.22. The predicted octanol–water partition coefficient (Wildman–Crippen LogP) is 2.59.